The molecule has 0 aromatic carbocycles. The SMILES string of the molecule is CC(C)(CCNC(=O)N1CCC(C(N)=O)C1)CCC(=O)O. The fourth-order valence-electron chi connectivity index (χ4n) is 2.37. The highest BCUT2D eigenvalue weighted by Gasteiger charge is 2.29. The molecule has 1 saturated heterocycles. The molecule has 1 atom stereocenters. The normalized spacial score (nSPS) is 18.6. The van der Waals surface area contributed by atoms with Crippen LogP contribution in [0.3, 0.4) is 0 Å². The van der Waals surface area contributed by atoms with Crippen molar-refractivity contribution in [3.63, 3.8) is 0 Å². The molecule has 1 rings (SSSR count). The average molecular weight is 299 g/mol. The van der Waals surface area contributed by atoms with Crippen LogP contribution in [-0.4, -0.2) is 47.5 Å². The summed E-state index contributed by atoms with van der Waals surface area (Å²) in [6.45, 7) is 5.39. The van der Waals surface area contributed by atoms with Gasteiger partial charge in [-0.25, -0.2) is 4.79 Å². The van der Waals surface area contributed by atoms with Crippen LogP contribution in [0.15, 0.2) is 0 Å². The van der Waals surface area contributed by atoms with Gasteiger partial charge in [-0.1, -0.05) is 13.8 Å². The van der Waals surface area contributed by atoms with E-state index in [1.165, 1.54) is 0 Å². The number of rotatable bonds is 7. The number of amides is 3. The molecule has 0 radical (unpaired) electrons. The molecule has 0 bridgehead atoms. The predicted octanol–water partition coefficient (Wildman–Crippen LogP) is 0.784. The largest absolute Gasteiger partial charge is 0.481 e. The van der Waals surface area contributed by atoms with E-state index in [0.717, 1.165) is 0 Å². The van der Waals surface area contributed by atoms with Crippen LogP contribution in [0, 0.1) is 11.3 Å². The number of aliphatic carboxylic acids is 1. The van der Waals surface area contributed by atoms with E-state index < -0.39 is 5.97 Å². The van der Waals surface area contributed by atoms with Gasteiger partial charge in [-0.15, -0.1) is 0 Å². The lowest BCUT2D eigenvalue weighted by Gasteiger charge is -2.25. The van der Waals surface area contributed by atoms with Crippen molar-refractivity contribution < 1.29 is 19.5 Å². The summed E-state index contributed by atoms with van der Waals surface area (Å²) < 4.78 is 0. The van der Waals surface area contributed by atoms with Gasteiger partial charge < -0.3 is 21.1 Å². The second-order valence-electron chi connectivity index (χ2n) is 6.37. The number of likely N-dealkylation sites (tertiary alicyclic amines) is 1. The Labute approximate surface area is 124 Å². The van der Waals surface area contributed by atoms with Gasteiger partial charge in [-0.2, -0.15) is 0 Å². The van der Waals surface area contributed by atoms with Crippen LogP contribution in [0.1, 0.15) is 39.5 Å². The van der Waals surface area contributed by atoms with Gasteiger partial charge in [0.2, 0.25) is 5.91 Å². The Morgan fingerprint density at radius 1 is 1.33 bits per heavy atom. The zero-order chi connectivity index (χ0) is 16.0. The molecule has 0 spiro atoms. The van der Waals surface area contributed by atoms with E-state index in [9.17, 15) is 14.4 Å². The number of nitrogens with zero attached hydrogens (tertiary/aromatic N) is 1. The summed E-state index contributed by atoms with van der Waals surface area (Å²) in [4.78, 5) is 35.2. The van der Waals surface area contributed by atoms with Crippen molar-refractivity contribution in [1.29, 1.82) is 0 Å². The number of nitrogens with two attached hydrogens (primary N) is 1. The lowest BCUT2D eigenvalue weighted by atomic mass is 9.84. The van der Waals surface area contributed by atoms with E-state index in [1.807, 2.05) is 13.8 Å². The topological polar surface area (TPSA) is 113 Å². The molecule has 0 saturated carbocycles. The summed E-state index contributed by atoms with van der Waals surface area (Å²) in [7, 11) is 0. The first kappa shape index (κ1) is 17.3. The second kappa shape index (κ2) is 7.28. The fraction of sp³-hybridized carbons (Fsp3) is 0.786. The Morgan fingerprint density at radius 2 is 2.00 bits per heavy atom. The minimum atomic E-state index is -0.804. The van der Waals surface area contributed by atoms with Gasteiger partial charge in [0.15, 0.2) is 0 Å². The fourth-order valence-corrected chi connectivity index (χ4v) is 2.37. The molecule has 4 N–H and O–H groups in total. The van der Waals surface area contributed by atoms with E-state index in [-0.39, 0.29) is 29.7 Å². The van der Waals surface area contributed by atoms with Crippen LogP contribution in [0.25, 0.3) is 0 Å². The van der Waals surface area contributed by atoms with Crippen molar-refractivity contribution in [3.8, 4) is 0 Å². The van der Waals surface area contributed by atoms with Gasteiger partial charge in [-0.05, 0) is 24.7 Å². The first-order valence-electron chi connectivity index (χ1n) is 7.25. The van der Waals surface area contributed by atoms with Crippen LogP contribution in [0.2, 0.25) is 0 Å². The number of nitrogens with one attached hydrogen (secondary N) is 1. The quantitative estimate of drug-likeness (QED) is 0.644. The van der Waals surface area contributed by atoms with E-state index in [0.29, 0.717) is 38.9 Å². The Hall–Kier alpha value is -1.79. The Balaban J connectivity index is 2.27. The van der Waals surface area contributed by atoms with E-state index in [4.69, 9.17) is 10.8 Å². The van der Waals surface area contributed by atoms with Crippen LogP contribution < -0.4 is 11.1 Å². The molecule has 120 valence electrons. The minimum Gasteiger partial charge on any atom is -0.481 e. The van der Waals surface area contributed by atoms with Crippen LogP contribution >= 0.6 is 0 Å². The third-order valence-corrected chi connectivity index (χ3v) is 3.97. The highest BCUT2D eigenvalue weighted by atomic mass is 16.4. The zero-order valence-corrected chi connectivity index (χ0v) is 12.7. The second-order valence-corrected chi connectivity index (χ2v) is 6.37. The number of carbonyl (C=O) groups is 3. The van der Waals surface area contributed by atoms with Crippen LogP contribution in [-0.2, 0) is 9.59 Å². The van der Waals surface area contributed by atoms with Crippen molar-refractivity contribution in [3.05, 3.63) is 0 Å². The van der Waals surface area contributed by atoms with E-state index in [1.54, 1.807) is 4.90 Å². The summed E-state index contributed by atoms with van der Waals surface area (Å²) in [5.41, 5.74) is 5.10. The highest BCUT2D eigenvalue weighted by Crippen LogP contribution is 2.26. The Morgan fingerprint density at radius 3 is 2.52 bits per heavy atom. The number of hydrogen-bond donors (Lipinski definition) is 3. The van der Waals surface area contributed by atoms with E-state index >= 15 is 0 Å². The Kier molecular flexibility index (Phi) is 5.99. The van der Waals surface area contributed by atoms with Crippen molar-refractivity contribution in [2.75, 3.05) is 19.6 Å². The highest BCUT2D eigenvalue weighted by molar-refractivity contribution is 5.80. The third-order valence-electron chi connectivity index (χ3n) is 3.97. The summed E-state index contributed by atoms with van der Waals surface area (Å²) in [5.74, 6) is -1.41. The molecule has 1 unspecified atom stereocenters. The van der Waals surface area contributed by atoms with Gasteiger partial charge in [-0.3, -0.25) is 9.59 Å². The summed E-state index contributed by atoms with van der Waals surface area (Å²) in [6, 6.07) is -0.187. The first-order chi connectivity index (χ1) is 9.71. The maximum absolute atomic E-state index is 11.9. The maximum Gasteiger partial charge on any atom is 0.317 e. The molecule has 0 aromatic heterocycles. The molecule has 1 heterocycles. The molecular formula is C14H25N3O4. The molecule has 0 aromatic rings. The maximum atomic E-state index is 11.9. The number of carboxylic acid groups (broad SMARTS) is 1. The molecule has 1 aliphatic rings. The van der Waals surface area contributed by atoms with Gasteiger partial charge in [0.05, 0.1) is 5.92 Å². The molecule has 7 nitrogen and oxygen atoms in total. The molecule has 21 heavy (non-hydrogen) atoms. The molecule has 0 aliphatic carbocycles. The molecule has 1 aliphatic heterocycles. The number of carboxylic acids is 1. The summed E-state index contributed by atoms with van der Waals surface area (Å²) >= 11 is 0. The van der Waals surface area contributed by atoms with E-state index in [2.05, 4.69) is 5.32 Å². The predicted molar refractivity (Wildman–Crippen MR) is 77.5 cm³/mol. The van der Waals surface area contributed by atoms with Gasteiger partial charge in [0.1, 0.15) is 0 Å². The Bertz CT molecular complexity index is 409. The van der Waals surface area contributed by atoms with Crippen molar-refractivity contribution in [1.82, 2.24) is 10.2 Å². The van der Waals surface area contributed by atoms with Gasteiger partial charge in [0.25, 0.3) is 0 Å². The molecule has 1 fully saturated rings. The zero-order valence-electron chi connectivity index (χ0n) is 12.7. The van der Waals surface area contributed by atoms with Gasteiger partial charge in [0, 0.05) is 26.1 Å². The van der Waals surface area contributed by atoms with Crippen molar-refractivity contribution in [2.24, 2.45) is 17.1 Å². The molecular weight excluding hydrogens is 274 g/mol. The molecule has 7 heteroatoms. The number of urea groups is 1. The van der Waals surface area contributed by atoms with Crippen LogP contribution in [0.5, 0.6) is 0 Å². The summed E-state index contributed by atoms with van der Waals surface area (Å²) in [5, 5.41) is 11.5. The van der Waals surface area contributed by atoms with Gasteiger partial charge >= 0.3 is 12.0 Å². The monoisotopic (exact) mass is 299 g/mol. The third kappa shape index (κ3) is 6.01. The summed E-state index contributed by atoms with van der Waals surface area (Å²) in [6.07, 6.45) is 2.03. The van der Waals surface area contributed by atoms with Crippen LogP contribution in [0.4, 0.5) is 4.79 Å². The smallest absolute Gasteiger partial charge is 0.317 e. The lowest BCUT2D eigenvalue weighted by Crippen LogP contribution is -2.40. The number of primary amides is 1. The minimum absolute atomic E-state index is 0.132. The lowest BCUT2D eigenvalue weighted by molar-refractivity contribution is -0.137. The first-order valence-corrected chi connectivity index (χ1v) is 7.25. The average Bonchev–Trinajstić information content (AvgIpc) is 2.86. The number of hydrogen-bond acceptors (Lipinski definition) is 3. The molecule has 3 amide bonds. The number of carbonyl (C=O) groups excluding carboxylic acids is 2. The standard InChI is InChI=1S/C14H25N3O4/c1-14(2,5-3-11(18)19)6-7-16-13(21)17-8-4-10(9-17)12(15)20/h10H,3-9H2,1-2H3,(H2,15,20)(H,16,21)(H,18,19). The van der Waals surface area contributed by atoms with Crippen molar-refractivity contribution >= 4 is 17.9 Å². The van der Waals surface area contributed by atoms with Crippen molar-refractivity contribution in [2.45, 2.75) is 39.5 Å².